The highest BCUT2D eigenvalue weighted by Crippen LogP contribution is 2.27. The molecule has 108 valence electrons. The number of rotatable bonds is 3. The predicted molar refractivity (Wildman–Crippen MR) is 87.6 cm³/mol. The fraction of sp³-hybridized carbons (Fsp3) is 0.267. The molecule has 2 heterocycles. The number of alkyl halides is 1. The summed E-state index contributed by atoms with van der Waals surface area (Å²) in [5, 5.41) is -0.172. The molecule has 6 heteroatoms. The number of benzene rings is 1. The molecule has 0 radical (unpaired) electrons. The van der Waals surface area contributed by atoms with Crippen LogP contribution in [0.5, 0.6) is 0 Å². The van der Waals surface area contributed by atoms with Gasteiger partial charge in [-0.25, -0.2) is 4.98 Å². The van der Waals surface area contributed by atoms with Crippen LogP contribution < -0.4 is 0 Å². The van der Waals surface area contributed by atoms with Crippen LogP contribution >= 0.6 is 27.5 Å². The maximum atomic E-state index is 6.28. The van der Waals surface area contributed by atoms with E-state index in [4.69, 9.17) is 11.6 Å². The maximum Gasteiger partial charge on any atom is 0.128 e. The minimum atomic E-state index is -0.172. The fourth-order valence-corrected chi connectivity index (χ4v) is 2.76. The van der Waals surface area contributed by atoms with E-state index < -0.39 is 0 Å². The summed E-state index contributed by atoms with van der Waals surface area (Å²) in [6.45, 7) is 4.45. The van der Waals surface area contributed by atoms with Gasteiger partial charge in [-0.15, -0.1) is 11.6 Å². The van der Waals surface area contributed by atoms with Gasteiger partial charge in [-0.2, -0.15) is 0 Å². The third-order valence-corrected chi connectivity index (χ3v) is 3.94. The summed E-state index contributed by atoms with van der Waals surface area (Å²) in [5.74, 6) is 0.840. The highest BCUT2D eigenvalue weighted by molar-refractivity contribution is 9.10. The number of imidazole rings is 1. The Bertz CT molecular complexity index is 780. The third-order valence-electron chi connectivity index (χ3n) is 3.25. The van der Waals surface area contributed by atoms with Crippen molar-refractivity contribution >= 4 is 38.6 Å². The first-order chi connectivity index (χ1) is 10.0. The molecule has 0 aliphatic heterocycles. The van der Waals surface area contributed by atoms with Gasteiger partial charge in [0.2, 0.25) is 0 Å². The van der Waals surface area contributed by atoms with Crippen LogP contribution in [0.25, 0.3) is 11.0 Å². The lowest BCUT2D eigenvalue weighted by molar-refractivity contribution is 0.722. The average Bonchev–Trinajstić information content (AvgIpc) is 2.80. The van der Waals surface area contributed by atoms with Gasteiger partial charge >= 0.3 is 0 Å². The fourth-order valence-electron chi connectivity index (χ4n) is 2.25. The van der Waals surface area contributed by atoms with Crippen LogP contribution in [0.2, 0.25) is 0 Å². The number of hydrogen-bond acceptors (Lipinski definition) is 3. The lowest BCUT2D eigenvalue weighted by atomic mass is 10.3. The molecule has 0 amide bonds. The molecule has 0 saturated heterocycles. The minimum Gasteiger partial charge on any atom is -0.321 e. The summed E-state index contributed by atoms with van der Waals surface area (Å²) in [6, 6.07) is 6.01. The molecule has 0 fully saturated rings. The van der Waals surface area contributed by atoms with Gasteiger partial charge in [-0.1, -0.05) is 15.9 Å². The molecular formula is C15H14BrClN4. The number of hydrogen-bond donors (Lipinski definition) is 0. The average molecular weight is 366 g/mol. The topological polar surface area (TPSA) is 43.6 Å². The van der Waals surface area contributed by atoms with E-state index in [0.717, 1.165) is 32.7 Å². The Balaban J connectivity index is 2.12. The zero-order chi connectivity index (χ0) is 15.0. The van der Waals surface area contributed by atoms with Crippen molar-refractivity contribution in [1.82, 2.24) is 19.5 Å². The van der Waals surface area contributed by atoms with Gasteiger partial charge < -0.3 is 4.57 Å². The molecule has 1 unspecified atom stereocenters. The van der Waals surface area contributed by atoms with Gasteiger partial charge in [0, 0.05) is 10.7 Å². The zero-order valence-corrected chi connectivity index (χ0v) is 14.1. The van der Waals surface area contributed by atoms with E-state index in [1.54, 1.807) is 12.4 Å². The number of nitrogens with zero attached hydrogens (tertiary/aromatic N) is 4. The van der Waals surface area contributed by atoms with Crippen LogP contribution in [0.15, 0.2) is 35.1 Å². The monoisotopic (exact) mass is 364 g/mol. The van der Waals surface area contributed by atoms with Crippen molar-refractivity contribution in [3.8, 4) is 0 Å². The second kappa shape index (κ2) is 5.73. The Labute approximate surface area is 136 Å². The van der Waals surface area contributed by atoms with E-state index in [2.05, 4.69) is 35.4 Å². The summed E-state index contributed by atoms with van der Waals surface area (Å²) in [7, 11) is 0. The van der Waals surface area contributed by atoms with Gasteiger partial charge in [0.15, 0.2) is 0 Å². The summed E-state index contributed by atoms with van der Waals surface area (Å²) in [4.78, 5) is 13.3. The molecular weight excluding hydrogens is 352 g/mol. The molecule has 3 aromatic rings. The Kier molecular flexibility index (Phi) is 3.95. The zero-order valence-electron chi connectivity index (χ0n) is 11.7. The van der Waals surface area contributed by atoms with Crippen LogP contribution in [0.4, 0.5) is 0 Å². The molecule has 0 N–H and O–H groups in total. The molecule has 1 aromatic carbocycles. The molecule has 0 aliphatic carbocycles. The highest BCUT2D eigenvalue weighted by atomic mass is 79.9. The molecule has 0 saturated carbocycles. The number of aromatic nitrogens is 4. The number of halogens is 2. The smallest absolute Gasteiger partial charge is 0.128 e. The van der Waals surface area contributed by atoms with E-state index in [0.29, 0.717) is 6.54 Å². The van der Waals surface area contributed by atoms with Crippen LogP contribution in [-0.4, -0.2) is 19.5 Å². The van der Waals surface area contributed by atoms with Gasteiger partial charge in [-0.3, -0.25) is 9.97 Å². The van der Waals surface area contributed by atoms with Gasteiger partial charge in [-0.05, 0) is 32.0 Å². The van der Waals surface area contributed by atoms with Crippen molar-refractivity contribution in [2.45, 2.75) is 25.8 Å². The molecule has 21 heavy (non-hydrogen) atoms. The summed E-state index contributed by atoms with van der Waals surface area (Å²) < 4.78 is 3.11. The molecule has 4 nitrogen and oxygen atoms in total. The quantitative estimate of drug-likeness (QED) is 0.652. The Morgan fingerprint density at radius 1 is 1.29 bits per heavy atom. The lowest BCUT2D eigenvalue weighted by Crippen LogP contribution is -2.07. The van der Waals surface area contributed by atoms with Gasteiger partial charge in [0.25, 0.3) is 0 Å². The van der Waals surface area contributed by atoms with Crippen molar-refractivity contribution in [2.24, 2.45) is 0 Å². The second-order valence-electron chi connectivity index (χ2n) is 4.95. The van der Waals surface area contributed by atoms with E-state index >= 15 is 0 Å². The van der Waals surface area contributed by atoms with Crippen molar-refractivity contribution in [1.29, 1.82) is 0 Å². The second-order valence-corrected chi connectivity index (χ2v) is 6.52. The SMILES string of the molecule is Cc1cnc(Cn2c(C(C)Cl)nc3ccc(Br)cc32)cn1. The van der Waals surface area contributed by atoms with E-state index in [9.17, 15) is 0 Å². The van der Waals surface area contributed by atoms with E-state index in [-0.39, 0.29) is 5.38 Å². The summed E-state index contributed by atoms with van der Waals surface area (Å²) in [6.07, 6.45) is 3.57. The first-order valence-corrected chi connectivity index (χ1v) is 7.85. The Hall–Kier alpha value is -1.46. The number of aryl methyl sites for hydroxylation is 1. The summed E-state index contributed by atoms with van der Waals surface area (Å²) >= 11 is 9.79. The van der Waals surface area contributed by atoms with E-state index in [1.165, 1.54) is 0 Å². The molecule has 3 rings (SSSR count). The largest absolute Gasteiger partial charge is 0.321 e. The molecule has 2 aromatic heterocycles. The number of fused-ring (bicyclic) bond motifs is 1. The van der Waals surface area contributed by atoms with Crippen molar-refractivity contribution < 1.29 is 0 Å². The highest BCUT2D eigenvalue weighted by Gasteiger charge is 2.16. The van der Waals surface area contributed by atoms with E-state index in [1.807, 2.05) is 32.0 Å². The Morgan fingerprint density at radius 3 is 2.76 bits per heavy atom. The lowest BCUT2D eigenvalue weighted by Gasteiger charge is -2.10. The van der Waals surface area contributed by atoms with Gasteiger partial charge in [0.1, 0.15) is 5.82 Å². The van der Waals surface area contributed by atoms with Crippen molar-refractivity contribution in [3.63, 3.8) is 0 Å². The molecule has 0 aliphatic rings. The van der Waals surface area contributed by atoms with Crippen LogP contribution in [0, 0.1) is 6.92 Å². The first-order valence-electron chi connectivity index (χ1n) is 6.62. The standard InChI is InChI=1S/C15H14BrClN4/c1-9-6-19-12(7-18-9)8-21-14-5-11(16)3-4-13(14)20-15(21)10(2)17/h3-7,10H,8H2,1-2H3. The van der Waals surface area contributed by atoms with Gasteiger partial charge in [0.05, 0.1) is 40.5 Å². The van der Waals surface area contributed by atoms with Crippen LogP contribution in [0.3, 0.4) is 0 Å². The third kappa shape index (κ3) is 2.94. The Morgan fingerprint density at radius 2 is 2.10 bits per heavy atom. The van der Waals surface area contributed by atoms with Crippen molar-refractivity contribution in [2.75, 3.05) is 0 Å². The summed E-state index contributed by atoms with van der Waals surface area (Å²) in [5.41, 5.74) is 3.76. The van der Waals surface area contributed by atoms with Crippen molar-refractivity contribution in [3.05, 3.63) is 52.3 Å². The molecule has 0 spiro atoms. The van der Waals surface area contributed by atoms with Crippen LogP contribution in [-0.2, 0) is 6.54 Å². The minimum absolute atomic E-state index is 0.172. The predicted octanol–water partition coefficient (Wildman–Crippen LogP) is 4.25. The van der Waals surface area contributed by atoms with Crippen LogP contribution in [0.1, 0.15) is 29.5 Å². The normalized spacial score (nSPS) is 12.8. The maximum absolute atomic E-state index is 6.28. The molecule has 0 bridgehead atoms. The molecule has 1 atom stereocenters. The first kappa shape index (κ1) is 14.5.